The topological polar surface area (TPSA) is 79.4 Å². The number of nitrogens with one attached hydrogen (secondary N) is 1. The Bertz CT molecular complexity index is 627. The molecule has 5 nitrogen and oxygen atoms in total. The van der Waals surface area contributed by atoms with Crippen LogP contribution in [0.1, 0.15) is 23.0 Å². The fraction of sp³-hybridized carbons (Fsp3) is 0.231. The number of aromatic nitrogens is 1. The van der Waals surface area contributed by atoms with Crippen LogP contribution in [0.25, 0.3) is 10.9 Å². The smallest absolute Gasteiger partial charge is 0.377 e. The molecule has 0 aliphatic carbocycles. The fourth-order valence-electron chi connectivity index (χ4n) is 1.96. The van der Waals surface area contributed by atoms with E-state index < -0.39 is 11.8 Å². The summed E-state index contributed by atoms with van der Waals surface area (Å²) in [6.07, 6.45) is 0. The summed E-state index contributed by atoms with van der Waals surface area (Å²) < 4.78 is 5.35. The molecule has 0 aliphatic heterocycles. The molecule has 5 heteroatoms. The Hall–Kier alpha value is -2.30. The molecule has 18 heavy (non-hydrogen) atoms. The molecule has 0 unspecified atom stereocenters. The lowest BCUT2D eigenvalue weighted by Crippen LogP contribution is -2.13. The Balaban J connectivity index is 2.63. The first-order valence-corrected chi connectivity index (χ1v) is 5.57. The number of benzene rings is 1. The molecule has 2 aromatic rings. The lowest BCUT2D eigenvalue weighted by Gasteiger charge is -2.03. The number of carboxylic acids is 1. The van der Waals surface area contributed by atoms with Crippen LogP contribution in [0.3, 0.4) is 0 Å². The van der Waals surface area contributed by atoms with Crippen LogP contribution in [0, 0.1) is 6.92 Å². The Morgan fingerprint density at radius 1 is 1.39 bits per heavy atom. The Kier molecular flexibility index (Phi) is 3.06. The van der Waals surface area contributed by atoms with Gasteiger partial charge in [-0.1, -0.05) is 0 Å². The number of ether oxygens (including phenoxy) is 1. The molecule has 1 heterocycles. The lowest BCUT2D eigenvalue weighted by atomic mass is 10.1. The Morgan fingerprint density at radius 3 is 2.72 bits per heavy atom. The molecule has 1 aromatic carbocycles. The van der Waals surface area contributed by atoms with Crippen molar-refractivity contribution in [2.45, 2.75) is 13.8 Å². The number of carbonyl (C=O) groups is 2. The molecule has 0 spiro atoms. The van der Waals surface area contributed by atoms with Crippen LogP contribution >= 0.6 is 0 Å². The van der Waals surface area contributed by atoms with Gasteiger partial charge < -0.3 is 14.8 Å². The summed E-state index contributed by atoms with van der Waals surface area (Å²) in [5.74, 6) is -1.75. The molecule has 2 N–H and O–H groups in total. The van der Waals surface area contributed by atoms with Crippen molar-refractivity contribution in [3.63, 3.8) is 0 Å². The number of hydrogen-bond acceptors (Lipinski definition) is 3. The summed E-state index contributed by atoms with van der Waals surface area (Å²) in [7, 11) is 0. The zero-order chi connectivity index (χ0) is 13.3. The third kappa shape index (κ3) is 1.95. The minimum absolute atomic E-state index is 0.194. The molecule has 0 amide bonds. The van der Waals surface area contributed by atoms with Crippen LogP contribution in [-0.4, -0.2) is 28.4 Å². The second kappa shape index (κ2) is 4.52. The largest absolute Gasteiger partial charge is 0.494 e. The highest BCUT2D eigenvalue weighted by Crippen LogP contribution is 2.26. The molecule has 2 rings (SSSR count). The monoisotopic (exact) mass is 247 g/mol. The maximum atomic E-state index is 11.6. The summed E-state index contributed by atoms with van der Waals surface area (Å²) in [5, 5.41) is 9.39. The van der Waals surface area contributed by atoms with Gasteiger partial charge in [0.05, 0.1) is 12.2 Å². The molecule has 0 fully saturated rings. The zero-order valence-corrected chi connectivity index (χ0v) is 10.1. The maximum absolute atomic E-state index is 11.6. The number of ketones is 1. The van der Waals surface area contributed by atoms with E-state index in [4.69, 9.17) is 9.84 Å². The van der Waals surface area contributed by atoms with Gasteiger partial charge in [-0.3, -0.25) is 4.79 Å². The summed E-state index contributed by atoms with van der Waals surface area (Å²) >= 11 is 0. The van der Waals surface area contributed by atoms with E-state index in [2.05, 4.69) is 4.98 Å². The van der Waals surface area contributed by atoms with Crippen molar-refractivity contribution in [3.05, 3.63) is 29.5 Å². The highest BCUT2D eigenvalue weighted by molar-refractivity contribution is 6.42. The van der Waals surface area contributed by atoms with Crippen molar-refractivity contribution in [2.75, 3.05) is 6.61 Å². The summed E-state index contributed by atoms with van der Waals surface area (Å²) in [6, 6.07) is 5.22. The average molecular weight is 247 g/mol. The number of carbonyl (C=O) groups excluding carboxylic acids is 1. The number of H-pyrrole nitrogens is 1. The first-order valence-electron chi connectivity index (χ1n) is 5.57. The predicted octanol–water partition coefficient (Wildman–Crippen LogP) is 2.14. The first kappa shape index (κ1) is 12.2. The van der Waals surface area contributed by atoms with Gasteiger partial charge >= 0.3 is 5.97 Å². The molecule has 0 saturated carbocycles. The SMILES string of the molecule is CCOc1ccc2[nH]c(C)c(C(=O)C(=O)O)c2c1. The van der Waals surface area contributed by atoms with Crippen molar-refractivity contribution in [3.8, 4) is 5.75 Å². The van der Waals surface area contributed by atoms with Gasteiger partial charge in [0.15, 0.2) is 0 Å². The van der Waals surface area contributed by atoms with E-state index in [1.165, 1.54) is 0 Å². The zero-order valence-electron chi connectivity index (χ0n) is 10.1. The van der Waals surface area contributed by atoms with E-state index in [9.17, 15) is 9.59 Å². The van der Waals surface area contributed by atoms with Gasteiger partial charge in [0.25, 0.3) is 5.78 Å². The molecule has 0 radical (unpaired) electrons. The fourth-order valence-corrected chi connectivity index (χ4v) is 1.96. The molecular weight excluding hydrogens is 234 g/mol. The van der Waals surface area contributed by atoms with Gasteiger partial charge in [-0.15, -0.1) is 0 Å². The van der Waals surface area contributed by atoms with Crippen LogP contribution in [-0.2, 0) is 4.79 Å². The van der Waals surface area contributed by atoms with Gasteiger partial charge in [0.1, 0.15) is 5.75 Å². The van der Waals surface area contributed by atoms with E-state index >= 15 is 0 Å². The standard InChI is InChI=1S/C13H13NO4/c1-3-18-8-4-5-10-9(6-8)11(7(2)14-10)12(15)13(16)17/h4-6,14H,3H2,1-2H3,(H,16,17). The number of rotatable bonds is 4. The van der Waals surface area contributed by atoms with Crippen molar-refractivity contribution in [1.82, 2.24) is 4.98 Å². The molecule has 94 valence electrons. The maximum Gasteiger partial charge on any atom is 0.377 e. The second-order valence-corrected chi connectivity index (χ2v) is 3.90. The van der Waals surface area contributed by atoms with Crippen LogP contribution in [0.5, 0.6) is 5.75 Å². The summed E-state index contributed by atoms with van der Waals surface area (Å²) in [5.41, 5.74) is 1.46. The Morgan fingerprint density at radius 2 is 2.11 bits per heavy atom. The van der Waals surface area contributed by atoms with Crippen molar-refractivity contribution >= 4 is 22.7 Å². The molecule has 0 bridgehead atoms. The number of aryl methyl sites for hydroxylation is 1. The van der Waals surface area contributed by atoms with Gasteiger partial charge in [0.2, 0.25) is 0 Å². The minimum Gasteiger partial charge on any atom is -0.494 e. The van der Waals surface area contributed by atoms with E-state index in [1.54, 1.807) is 25.1 Å². The van der Waals surface area contributed by atoms with Gasteiger partial charge in [0, 0.05) is 16.6 Å². The predicted molar refractivity (Wildman–Crippen MR) is 66.2 cm³/mol. The molecule has 0 atom stereocenters. The van der Waals surface area contributed by atoms with Gasteiger partial charge in [-0.25, -0.2) is 4.79 Å². The number of aliphatic carboxylic acids is 1. The first-order chi connectivity index (χ1) is 8.54. The number of aromatic amines is 1. The number of carboxylic acid groups (broad SMARTS) is 1. The van der Waals surface area contributed by atoms with Gasteiger partial charge in [-0.05, 0) is 32.0 Å². The molecule has 1 aromatic heterocycles. The van der Waals surface area contributed by atoms with Crippen molar-refractivity contribution in [1.29, 1.82) is 0 Å². The molecule has 0 aliphatic rings. The normalized spacial score (nSPS) is 10.6. The highest BCUT2D eigenvalue weighted by atomic mass is 16.5. The third-order valence-electron chi connectivity index (χ3n) is 2.69. The second-order valence-electron chi connectivity index (χ2n) is 3.90. The number of hydrogen-bond donors (Lipinski definition) is 2. The third-order valence-corrected chi connectivity index (χ3v) is 2.69. The van der Waals surface area contributed by atoms with Crippen molar-refractivity contribution in [2.24, 2.45) is 0 Å². The van der Waals surface area contributed by atoms with Crippen LogP contribution < -0.4 is 4.74 Å². The van der Waals surface area contributed by atoms with Gasteiger partial charge in [-0.2, -0.15) is 0 Å². The molecular formula is C13H13NO4. The number of fused-ring (bicyclic) bond motifs is 1. The van der Waals surface area contributed by atoms with E-state index in [0.717, 1.165) is 5.52 Å². The molecule has 0 saturated heterocycles. The Labute approximate surface area is 103 Å². The minimum atomic E-state index is -1.46. The summed E-state index contributed by atoms with van der Waals surface area (Å²) in [6.45, 7) is 4.05. The van der Waals surface area contributed by atoms with Crippen LogP contribution in [0.2, 0.25) is 0 Å². The van der Waals surface area contributed by atoms with E-state index in [1.807, 2.05) is 6.92 Å². The van der Waals surface area contributed by atoms with E-state index in [-0.39, 0.29) is 5.56 Å². The van der Waals surface area contributed by atoms with Crippen molar-refractivity contribution < 1.29 is 19.4 Å². The highest BCUT2D eigenvalue weighted by Gasteiger charge is 2.22. The average Bonchev–Trinajstić information content (AvgIpc) is 2.64. The van der Waals surface area contributed by atoms with Crippen LogP contribution in [0.15, 0.2) is 18.2 Å². The summed E-state index contributed by atoms with van der Waals surface area (Å²) in [4.78, 5) is 25.5. The van der Waals surface area contributed by atoms with E-state index in [0.29, 0.717) is 23.4 Å². The number of Topliss-reactive ketones (excluding diaryl/α,β-unsaturated/α-hetero) is 1. The lowest BCUT2D eigenvalue weighted by molar-refractivity contribution is -0.131. The van der Waals surface area contributed by atoms with Crippen LogP contribution in [0.4, 0.5) is 0 Å². The quantitative estimate of drug-likeness (QED) is 0.640.